The molecule has 1 saturated heterocycles. The Morgan fingerprint density at radius 1 is 1.15 bits per heavy atom. The van der Waals surface area contributed by atoms with E-state index in [1.54, 1.807) is 35.7 Å². The van der Waals surface area contributed by atoms with Gasteiger partial charge in [-0.05, 0) is 29.6 Å². The number of carbonyl (C=O) groups excluding carboxylic acids is 2. The second-order valence-electron chi connectivity index (χ2n) is 7.10. The lowest BCUT2D eigenvalue weighted by atomic mass is 10.00. The molecule has 1 unspecified atom stereocenters. The number of fused-ring (bicyclic) bond motifs is 1. The number of nitro groups is 1. The lowest BCUT2D eigenvalue weighted by Gasteiger charge is -2.21. The largest absolute Gasteiger partial charge is 0.507 e. The molecule has 3 heterocycles. The summed E-state index contributed by atoms with van der Waals surface area (Å²) >= 11 is 8.44. The molecule has 164 valence electrons. The lowest BCUT2D eigenvalue weighted by Crippen LogP contribution is -2.28. The summed E-state index contributed by atoms with van der Waals surface area (Å²) in [5.41, 5.74) is 0.592. The van der Waals surface area contributed by atoms with Crippen molar-refractivity contribution in [2.24, 2.45) is 0 Å². The molecule has 2 aromatic heterocycles. The van der Waals surface area contributed by atoms with Crippen LogP contribution in [0.1, 0.15) is 16.5 Å². The number of aromatic nitrogens is 1. The number of amides is 1. The molecule has 33 heavy (non-hydrogen) atoms. The molecule has 0 bridgehead atoms. The van der Waals surface area contributed by atoms with E-state index in [9.17, 15) is 24.8 Å². The van der Waals surface area contributed by atoms with Gasteiger partial charge in [0.2, 0.25) is 0 Å². The number of aliphatic hydroxyl groups excluding tert-OH is 1. The Balaban J connectivity index is 1.70. The molecule has 0 aliphatic carbocycles. The van der Waals surface area contributed by atoms with Crippen molar-refractivity contribution in [3.63, 3.8) is 0 Å². The summed E-state index contributed by atoms with van der Waals surface area (Å²) < 4.78 is 0.501. The highest BCUT2D eigenvalue weighted by molar-refractivity contribution is 7.22. The third kappa shape index (κ3) is 3.58. The maximum absolute atomic E-state index is 13.1. The van der Waals surface area contributed by atoms with Gasteiger partial charge in [-0.15, -0.1) is 11.3 Å². The number of aliphatic hydroxyl groups is 1. The smallest absolute Gasteiger partial charge is 0.301 e. The fraction of sp³-hybridized carbons (Fsp3) is 0.0455. The number of nitro benzene ring substituents is 1. The number of rotatable bonds is 4. The van der Waals surface area contributed by atoms with Crippen molar-refractivity contribution in [3.8, 4) is 0 Å². The zero-order chi connectivity index (χ0) is 23.3. The molecule has 1 amide bonds. The first-order chi connectivity index (χ1) is 15.8. The average molecular weight is 498 g/mol. The van der Waals surface area contributed by atoms with E-state index in [0.717, 1.165) is 11.3 Å². The molecule has 1 N–H and O–H groups in total. The molecule has 4 aromatic rings. The van der Waals surface area contributed by atoms with Gasteiger partial charge in [-0.3, -0.25) is 24.6 Å². The minimum Gasteiger partial charge on any atom is -0.507 e. The number of Topliss-reactive ketones (excluding diaryl/α,β-unsaturated/α-hetero) is 1. The van der Waals surface area contributed by atoms with Crippen molar-refractivity contribution >= 4 is 72.8 Å². The first-order valence-corrected chi connectivity index (χ1v) is 11.6. The van der Waals surface area contributed by atoms with E-state index in [2.05, 4.69) is 4.98 Å². The molecule has 1 aliphatic heterocycles. The number of anilines is 1. The van der Waals surface area contributed by atoms with E-state index in [4.69, 9.17) is 11.6 Å². The number of benzene rings is 2. The third-order valence-electron chi connectivity index (χ3n) is 5.13. The van der Waals surface area contributed by atoms with Gasteiger partial charge in [0.25, 0.3) is 11.5 Å². The van der Waals surface area contributed by atoms with Crippen LogP contribution in [-0.4, -0.2) is 26.7 Å². The maximum atomic E-state index is 13.1. The minimum atomic E-state index is -0.903. The second kappa shape index (κ2) is 8.07. The lowest BCUT2D eigenvalue weighted by molar-refractivity contribution is -0.384. The number of hydrogen-bond donors (Lipinski definition) is 1. The summed E-state index contributed by atoms with van der Waals surface area (Å²) in [6.45, 7) is 0. The highest BCUT2D eigenvalue weighted by atomic mass is 35.5. The molecule has 2 aromatic carbocycles. The van der Waals surface area contributed by atoms with Crippen LogP contribution < -0.4 is 4.90 Å². The molecule has 5 rings (SSSR count). The summed E-state index contributed by atoms with van der Waals surface area (Å²) in [5, 5.41) is 24.5. The standard InChI is InChI=1S/C22H12ClN3O5S2/c23-12-4-1-3-11(9-12)19(27)17-18(15-5-2-8-32-15)25(21(29)20(17)28)22-24-14-7-6-13(26(30)31)10-16(14)33-22/h1-10,18,27H/b19-17+. The summed E-state index contributed by atoms with van der Waals surface area (Å²) in [6.07, 6.45) is 0. The van der Waals surface area contributed by atoms with Crippen molar-refractivity contribution in [2.45, 2.75) is 6.04 Å². The van der Waals surface area contributed by atoms with E-state index < -0.39 is 22.7 Å². The van der Waals surface area contributed by atoms with Crippen LogP contribution in [0.5, 0.6) is 0 Å². The number of thiazole rings is 1. The number of nitrogens with zero attached hydrogens (tertiary/aromatic N) is 3. The van der Waals surface area contributed by atoms with Crippen LogP contribution in [0, 0.1) is 10.1 Å². The van der Waals surface area contributed by atoms with Crippen molar-refractivity contribution in [1.82, 2.24) is 4.98 Å². The van der Waals surface area contributed by atoms with Gasteiger partial charge in [-0.25, -0.2) is 4.98 Å². The number of hydrogen-bond acceptors (Lipinski definition) is 8. The Morgan fingerprint density at radius 3 is 2.67 bits per heavy atom. The van der Waals surface area contributed by atoms with Gasteiger partial charge >= 0.3 is 5.91 Å². The van der Waals surface area contributed by atoms with Crippen LogP contribution in [-0.2, 0) is 9.59 Å². The van der Waals surface area contributed by atoms with E-state index in [0.29, 0.717) is 25.7 Å². The highest BCUT2D eigenvalue weighted by Crippen LogP contribution is 2.45. The normalized spacial score (nSPS) is 17.7. The van der Waals surface area contributed by atoms with E-state index in [1.807, 2.05) is 0 Å². The van der Waals surface area contributed by atoms with Gasteiger partial charge in [0, 0.05) is 27.6 Å². The minimum absolute atomic E-state index is 0.0741. The molecule has 1 fully saturated rings. The van der Waals surface area contributed by atoms with Crippen molar-refractivity contribution in [2.75, 3.05) is 4.90 Å². The van der Waals surface area contributed by atoms with E-state index in [-0.39, 0.29) is 22.2 Å². The maximum Gasteiger partial charge on any atom is 0.301 e. The zero-order valence-electron chi connectivity index (χ0n) is 16.5. The highest BCUT2D eigenvalue weighted by Gasteiger charge is 2.48. The first-order valence-electron chi connectivity index (χ1n) is 9.50. The molecule has 0 radical (unpaired) electrons. The number of halogens is 1. The first kappa shape index (κ1) is 21.3. The number of carbonyl (C=O) groups is 2. The predicted octanol–water partition coefficient (Wildman–Crippen LogP) is 5.55. The summed E-state index contributed by atoms with van der Waals surface area (Å²) in [7, 11) is 0. The summed E-state index contributed by atoms with van der Waals surface area (Å²) in [4.78, 5) is 43.2. The monoisotopic (exact) mass is 497 g/mol. The number of ketones is 1. The van der Waals surface area contributed by atoms with Gasteiger partial charge in [0.05, 0.1) is 20.7 Å². The topological polar surface area (TPSA) is 114 Å². The molecular weight excluding hydrogens is 486 g/mol. The van der Waals surface area contributed by atoms with Crippen LogP contribution in [0.25, 0.3) is 16.0 Å². The third-order valence-corrected chi connectivity index (χ3v) is 7.31. The van der Waals surface area contributed by atoms with Crippen LogP contribution in [0.2, 0.25) is 5.02 Å². The van der Waals surface area contributed by atoms with Gasteiger partial charge in [-0.1, -0.05) is 41.1 Å². The van der Waals surface area contributed by atoms with Crippen LogP contribution >= 0.6 is 34.3 Å². The van der Waals surface area contributed by atoms with Gasteiger partial charge in [-0.2, -0.15) is 0 Å². The van der Waals surface area contributed by atoms with Crippen molar-refractivity contribution in [3.05, 3.63) is 91.1 Å². The Labute approximate surface area is 199 Å². The molecule has 11 heteroatoms. The van der Waals surface area contributed by atoms with E-state index in [1.165, 1.54) is 40.5 Å². The Hall–Kier alpha value is -3.60. The Morgan fingerprint density at radius 2 is 1.97 bits per heavy atom. The summed E-state index contributed by atoms with van der Waals surface area (Å²) in [5.74, 6) is -2.03. The van der Waals surface area contributed by atoms with Gasteiger partial charge in [0.1, 0.15) is 11.8 Å². The average Bonchev–Trinajstić information content (AvgIpc) is 3.51. The molecule has 8 nitrogen and oxygen atoms in total. The predicted molar refractivity (Wildman–Crippen MR) is 127 cm³/mol. The molecule has 1 aliphatic rings. The molecule has 0 saturated carbocycles. The van der Waals surface area contributed by atoms with Crippen LogP contribution in [0.4, 0.5) is 10.8 Å². The fourth-order valence-electron chi connectivity index (χ4n) is 3.65. The molecule has 1 atom stereocenters. The van der Waals surface area contributed by atoms with Crippen molar-refractivity contribution < 1.29 is 19.6 Å². The second-order valence-corrected chi connectivity index (χ2v) is 9.53. The van der Waals surface area contributed by atoms with Crippen LogP contribution in [0.15, 0.2) is 65.6 Å². The SMILES string of the molecule is O=C1C(=O)N(c2nc3ccc([N+](=O)[O-])cc3s2)C(c2cccs2)/C1=C(\O)c1cccc(Cl)c1. The van der Waals surface area contributed by atoms with Crippen LogP contribution in [0.3, 0.4) is 0 Å². The van der Waals surface area contributed by atoms with Gasteiger partial charge in [0.15, 0.2) is 5.13 Å². The quantitative estimate of drug-likeness (QED) is 0.130. The van der Waals surface area contributed by atoms with E-state index >= 15 is 0 Å². The van der Waals surface area contributed by atoms with Gasteiger partial charge < -0.3 is 5.11 Å². The van der Waals surface area contributed by atoms with Crippen molar-refractivity contribution in [1.29, 1.82) is 0 Å². The zero-order valence-corrected chi connectivity index (χ0v) is 18.9. The number of non-ortho nitro benzene ring substituents is 1. The number of thiophene rings is 1. The Kier molecular flexibility index (Phi) is 5.20. The summed E-state index contributed by atoms with van der Waals surface area (Å²) in [6, 6.07) is 13.2. The fourth-order valence-corrected chi connectivity index (χ4v) is 5.69. The molecular formula is C22H12ClN3O5S2. The Bertz CT molecular complexity index is 1480. The molecule has 0 spiro atoms.